The van der Waals surface area contributed by atoms with Gasteiger partial charge in [-0.3, -0.25) is 0 Å². The lowest BCUT2D eigenvalue weighted by Crippen LogP contribution is -2.30. The molecule has 0 amide bonds. The van der Waals surface area contributed by atoms with Crippen LogP contribution in [0, 0.1) is 5.41 Å². The first-order chi connectivity index (χ1) is 7.97. The number of halogens is 2. The van der Waals surface area contributed by atoms with Gasteiger partial charge in [-0.2, -0.15) is 0 Å². The van der Waals surface area contributed by atoms with E-state index >= 15 is 0 Å². The standard InChI is InChI=1S/C10H13BrClNO2S2/c11-6-5-10(3-4-10)7-13-17(14,15)9-2-1-8(12)16-9/h1-2,13H,3-7H2. The topological polar surface area (TPSA) is 46.2 Å². The van der Waals surface area contributed by atoms with Crippen molar-refractivity contribution in [3.63, 3.8) is 0 Å². The van der Waals surface area contributed by atoms with Crippen molar-refractivity contribution in [2.45, 2.75) is 23.5 Å². The molecule has 0 atom stereocenters. The van der Waals surface area contributed by atoms with E-state index in [0.717, 1.165) is 35.9 Å². The summed E-state index contributed by atoms with van der Waals surface area (Å²) in [5.41, 5.74) is 0.178. The summed E-state index contributed by atoms with van der Waals surface area (Å²) in [6.45, 7) is 0.524. The SMILES string of the molecule is O=S(=O)(NCC1(CCBr)CC1)c1ccc(Cl)s1. The Labute approximate surface area is 119 Å². The molecule has 0 aliphatic heterocycles. The highest BCUT2D eigenvalue weighted by Crippen LogP contribution is 2.48. The van der Waals surface area contributed by atoms with Gasteiger partial charge in [-0.15, -0.1) is 11.3 Å². The Bertz CT molecular complexity index is 496. The average molecular weight is 359 g/mol. The summed E-state index contributed by atoms with van der Waals surface area (Å²) in [4.78, 5) is 0. The molecule has 1 fully saturated rings. The number of thiophene rings is 1. The minimum Gasteiger partial charge on any atom is -0.210 e. The van der Waals surface area contributed by atoms with Gasteiger partial charge in [0.25, 0.3) is 0 Å². The Hall–Kier alpha value is 0.380. The predicted octanol–water partition coefficient (Wildman–Crippen LogP) is 3.25. The van der Waals surface area contributed by atoms with Gasteiger partial charge in [0.2, 0.25) is 10.0 Å². The normalized spacial score (nSPS) is 18.2. The van der Waals surface area contributed by atoms with Crippen LogP contribution in [0.1, 0.15) is 19.3 Å². The number of sulfonamides is 1. The van der Waals surface area contributed by atoms with Gasteiger partial charge in [0.15, 0.2) is 0 Å². The summed E-state index contributed by atoms with van der Waals surface area (Å²) in [6.07, 6.45) is 3.22. The molecule has 1 aliphatic rings. The Kier molecular flexibility index (Phi) is 4.20. The van der Waals surface area contributed by atoms with Crippen molar-refractivity contribution in [1.82, 2.24) is 4.72 Å². The summed E-state index contributed by atoms with van der Waals surface area (Å²) in [5.74, 6) is 0. The highest BCUT2D eigenvalue weighted by molar-refractivity contribution is 9.09. The average Bonchev–Trinajstić information content (AvgIpc) is 2.89. The summed E-state index contributed by atoms with van der Waals surface area (Å²) in [7, 11) is -3.38. The molecule has 1 aliphatic carbocycles. The van der Waals surface area contributed by atoms with Crippen LogP contribution in [0.2, 0.25) is 4.34 Å². The van der Waals surface area contributed by atoms with Crippen molar-refractivity contribution >= 4 is 48.9 Å². The molecular weight excluding hydrogens is 346 g/mol. The maximum atomic E-state index is 12.0. The summed E-state index contributed by atoms with van der Waals surface area (Å²) in [6, 6.07) is 3.14. The van der Waals surface area contributed by atoms with Crippen LogP contribution in [-0.4, -0.2) is 20.3 Å². The second-order valence-electron chi connectivity index (χ2n) is 4.32. The van der Waals surface area contributed by atoms with Gasteiger partial charge in [-0.1, -0.05) is 27.5 Å². The van der Waals surface area contributed by atoms with Crippen molar-refractivity contribution in [2.75, 3.05) is 11.9 Å². The van der Waals surface area contributed by atoms with Crippen LogP contribution in [0.4, 0.5) is 0 Å². The molecule has 1 aromatic heterocycles. The number of rotatable bonds is 6. The van der Waals surface area contributed by atoms with Crippen LogP contribution in [0.3, 0.4) is 0 Å². The quantitative estimate of drug-likeness (QED) is 0.794. The van der Waals surface area contributed by atoms with Crippen molar-refractivity contribution in [3.05, 3.63) is 16.5 Å². The molecule has 0 radical (unpaired) electrons. The van der Waals surface area contributed by atoms with Crippen LogP contribution in [-0.2, 0) is 10.0 Å². The zero-order valence-electron chi connectivity index (χ0n) is 9.08. The monoisotopic (exact) mass is 357 g/mol. The highest BCUT2D eigenvalue weighted by Gasteiger charge is 2.42. The Morgan fingerprint density at radius 3 is 2.65 bits per heavy atom. The van der Waals surface area contributed by atoms with E-state index in [2.05, 4.69) is 20.7 Å². The van der Waals surface area contributed by atoms with Crippen LogP contribution < -0.4 is 4.72 Å². The van der Waals surface area contributed by atoms with E-state index in [1.54, 1.807) is 12.1 Å². The minimum atomic E-state index is -3.38. The molecule has 1 heterocycles. The molecule has 17 heavy (non-hydrogen) atoms. The molecule has 3 nitrogen and oxygen atoms in total. The molecule has 1 aromatic rings. The second kappa shape index (κ2) is 5.17. The first-order valence-corrected chi connectivity index (χ1v) is 9.08. The number of hydrogen-bond donors (Lipinski definition) is 1. The summed E-state index contributed by atoms with van der Waals surface area (Å²) >= 11 is 10.2. The number of alkyl halides is 1. The van der Waals surface area contributed by atoms with Crippen LogP contribution in [0.15, 0.2) is 16.3 Å². The van der Waals surface area contributed by atoms with Crippen LogP contribution >= 0.6 is 38.9 Å². The zero-order valence-corrected chi connectivity index (χ0v) is 13.1. The van der Waals surface area contributed by atoms with Crippen molar-refractivity contribution in [2.24, 2.45) is 5.41 Å². The van der Waals surface area contributed by atoms with E-state index in [4.69, 9.17) is 11.6 Å². The van der Waals surface area contributed by atoms with Crippen LogP contribution in [0.5, 0.6) is 0 Å². The minimum absolute atomic E-state index is 0.178. The largest absolute Gasteiger partial charge is 0.250 e. The van der Waals surface area contributed by atoms with E-state index in [1.165, 1.54) is 0 Å². The van der Waals surface area contributed by atoms with Crippen LogP contribution in [0.25, 0.3) is 0 Å². The molecule has 2 rings (SSSR count). The molecule has 0 unspecified atom stereocenters. The maximum absolute atomic E-state index is 12.0. The third kappa shape index (κ3) is 3.44. The van der Waals surface area contributed by atoms with Crippen molar-refractivity contribution in [3.8, 4) is 0 Å². The van der Waals surface area contributed by atoms with Crippen molar-refractivity contribution < 1.29 is 8.42 Å². The lowest BCUT2D eigenvalue weighted by Gasteiger charge is -2.13. The highest BCUT2D eigenvalue weighted by atomic mass is 79.9. The van der Waals surface area contributed by atoms with E-state index in [0.29, 0.717) is 10.9 Å². The van der Waals surface area contributed by atoms with E-state index in [-0.39, 0.29) is 9.62 Å². The third-order valence-electron chi connectivity index (χ3n) is 3.03. The second-order valence-corrected chi connectivity index (χ2v) is 8.82. The molecule has 1 N–H and O–H groups in total. The lowest BCUT2D eigenvalue weighted by molar-refractivity contribution is 0.481. The Morgan fingerprint density at radius 2 is 2.18 bits per heavy atom. The van der Waals surface area contributed by atoms with Gasteiger partial charge >= 0.3 is 0 Å². The number of nitrogens with one attached hydrogen (secondary N) is 1. The lowest BCUT2D eigenvalue weighted by atomic mass is 10.1. The van der Waals surface area contributed by atoms with E-state index in [9.17, 15) is 8.42 Å². The first-order valence-electron chi connectivity index (χ1n) is 5.28. The fourth-order valence-corrected chi connectivity index (χ4v) is 5.18. The van der Waals surface area contributed by atoms with Gasteiger partial charge < -0.3 is 0 Å². The summed E-state index contributed by atoms with van der Waals surface area (Å²) < 4.78 is 27.4. The number of hydrogen-bond acceptors (Lipinski definition) is 3. The van der Waals surface area contributed by atoms with E-state index in [1.807, 2.05) is 0 Å². The molecule has 0 saturated heterocycles. The molecule has 0 bridgehead atoms. The molecular formula is C10H13BrClNO2S2. The third-order valence-corrected chi connectivity index (χ3v) is 6.55. The predicted molar refractivity (Wildman–Crippen MR) is 74.6 cm³/mol. The molecule has 7 heteroatoms. The molecule has 96 valence electrons. The summed E-state index contributed by atoms with van der Waals surface area (Å²) in [5, 5.41) is 0.916. The first kappa shape index (κ1) is 13.8. The van der Waals surface area contributed by atoms with E-state index < -0.39 is 10.0 Å². The van der Waals surface area contributed by atoms with Gasteiger partial charge in [0.05, 0.1) is 4.34 Å². The Morgan fingerprint density at radius 1 is 1.47 bits per heavy atom. The van der Waals surface area contributed by atoms with Gasteiger partial charge in [-0.25, -0.2) is 13.1 Å². The smallest absolute Gasteiger partial charge is 0.210 e. The fraction of sp³-hybridized carbons (Fsp3) is 0.600. The molecule has 1 saturated carbocycles. The van der Waals surface area contributed by atoms with Gasteiger partial charge in [0, 0.05) is 11.9 Å². The maximum Gasteiger partial charge on any atom is 0.250 e. The van der Waals surface area contributed by atoms with Crippen molar-refractivity contribution in [1.29, 1.82) is 0 Å². The Balaban J connectivity index is 1.99. The van der Waals surface area contributed by atoms with Gasteiger partial charge in [-0.05, 0) is 36.8 Å². The fourth-order valence-electron chi connectivity index (χ4n) is 1.65. The van der Waals surface area contributed by atoms with Gasteiger partial charge in [0.1, 0.15) is 4.21 Å². The molecule has 0 aromatic carbocycles. The molecule has 0 spiro atoms. The zero-order chi connectivity index (χ0) is 12.5.